The van der Waals surface area contributed by atoms with Gasteiger partial charge >= 0.3 is 0 Å². The lowest BCUT2D eigenvalue weighted by molar-refractivity contribution is -0.146. The van der Waals surface area contributed by atoms with Gasteiger partial charge in [0.1, 0.15) is 5.60 Å². The Morgan fingerprint density at radius 3 is 2.55 bits per heavy atom. The molecule has 0 aromatic heterocycles. The molecule has 7 heteroatoms. The van der Waals surface area contributed by atoms with Crippen molar-refractivity contribution in [1.82, 2.24) is 15.5 Å². The van der Waals surface area contributed by atoms with E-state index in [1.54, 1.807) is 7.11 Å². The van der Waals surface area contributed by atoms with E-state index in [0.717, 1.165) is 45.1 Å². The molecule has 2 heterocycles. The molecule has 1 amide bonds. The highest BCUT2D eigenvalue weighted by atomic mass is 35.5. The van der Waals surface area contributed by atoms with Gasteiger partial charge in [0.15, 0.2) is 0 Å². The quantitative estimate of drug-likeness (QED) is 0.779. The Morgan fingerprint density at radius 2 is 1.95 bits per heavy atom. The summed E-state index contributed by atoms with van der Waals surface area (Å²) in [6.45, 7) is 4.90. The van der Waals surface area contributed by atoms with Crippen LogP contribution in [0.4, 0.5) is 0 Å². The van der Waals surface area contributed by atoms with Crippen LogP contribution in [-0.4, -0.2) is 62.3 Å². The van der Waals surface area contributed by atoms with Gasteiger partial charge < -0.3 is 20.3 Å². The number of nitrogens with one attached hydrogen (secondary N) is 2. The van der Waals surface area contributed by atoms with E-state index in [4.69, 9.17) is 4.74 Å². The fraction of sp³-hybridized carbons (Fsp3) is 0.933. The summed E-state index contributed by atoms with van der Waals surface area (Å²) in [5.74, 6) is 0.710. The molecule has 2 saturated heterocycles. The SMILES string of the molecule is COC1(C(=O)NCC2CCN(C3CC3)C2)CCNCC1.Cl.Cl. The number of halogens is 2. The fourth-order valence-electron chi connectivity index (χ4n) is 3.55. The molecule has 3 aliphatic rings. The summed E-state index contributed by atoms with van der Waals surface area (Å²) in [6.07, 6.45) is 5.51. The van der Waals surface area contributed by atoms with Crippen molar-refractivity contribution >= 4 is 30.7 Å². The van der Waals surface area contributed by atoms with Crippen LogP contribution in [0.3, 0.4) is 0 Å². The molecule has 5 nitrogen and oxygen atoms in total. The van der Waals surface area contributed by atoms with Gasteiger partial charge in [-0.15, -0.1) is 24.8 Å². The molecule has 0 aromatic rings. The van der Waals surface area contributed by atoms with Crippen molar-refractivity contribution in [3.05, 3.63) is 0 Å². The monoisotopic (exact) mass is 353 g/mol. The number of hydrogen-bond donors (Lipinski definition) is 2. The zero-order chi connectivity index (χ0) is 14.0. The van der Waals surface area contributed by atoms with Gasteiger partial charge in [-0.1, -0.05) is 0 Å². The lowest BCUT2D eigenvalue weighted by atomic mass is 9.91. The first-order chi connectivity index (χ1) is 9.73. The van der Waals surface area contributed by atoms with Crippen LogP contribution in [0.1, 0.15) is 32.1 Å². The molecule has 130 valence electrons. The topological polar surface area (TPSA) is 53.6 Å². The third-order valence-corrected chi connectivity index (χ3v) is 5.15. The van der Waals surface area contributed by atoms with E-state index >= 15 is 0 Å². The van der Waals surface area contributed by atoms with Crippen molar-refractivity contribution in [2.24, 2.45) is 5.92 Å². The first-order valence-electron chi connectivity index (χ1n) is 8.02. The van der Waals surface area contributed by atoms with Crippen LogP contribution in [0.2, 0.25) is 0 Å². The number of nitrogens with zero attached hydrogens (tertiary/aromatic N) is 1. The average molecular weight is 354 g/mol. The Kier molecular flexibility index (Phi) is 7.89. The molecular formula is C15H29Cl2N3O2. The highest BCUT2D eigenvalue weighted by Crippen LogP contribution is 2.31. The standard InChI is InChI=1S/C15H27N3O2.2ClH/c1-20-15(5-7-16-8-6-15)14(19)17-10-12-4-9-18(11-12)13-2-3-13;;/h12-13,16H,2-11H2,1H3,(H,17,19);2*1H. The summed E-state index contributed by atoms with van der Waals surface area (Å²) in [5.41, 5.74) is -0.597. The summed E-state index contributed by atoms with van der Waals surface area (Å²) in [6, 6.07) is 0.852. The first-order valence-corrected chi connectivity index (χ1v) is 8.02. The van der Waals surface area contributed by atoms with Crippen LogP contribution in [-0.2, 0) is 9.53 Å². The van der Waals surface area contributed by atoms with Crippen molar-refractivity contribution in [1.29, 1.82) is 0 Å². The lowest BCUT2D eigenvalue weighted by Gasteiger charge is -2.35. The Bertz CT molecular complexity index is 361. The molecule has 1 unspecified atom stereocenters. The van der Waals surface area contributed by atoms with E-state index in [0.29, 0.717) is 5.92 Å². The van der Waals surface area contributed by atoms with Gasteiger partial charge in [0.2, 0.25) is 0 Å². The molecule has 0 spiro atoms. The van der Waals surface area contributed by atoms with Crippen LogP contribution in [0.15, 0.2) is 0 Å². The molecule has 1 aliphatic carbocycles. The van der Waals surface area contributed by atoms with E-state index in [9.17, 15) is 4.79 Å². The second kappa shape index (κ2) is 8.69. The van der Waals surface area contributed by atoms with Gasteiger partial charge in [-0.3, -0.25) is 4.79 Å². The van der Waals surface area contributed by atoms with Crippen LogP contribution >= 0.6 is 24.8 Å². The second-order valence-corrected chi connectivity index (χ2v) is 6.54. The highest BCUT2D eigenvalue weighted by Gasteiger charge is 2.40. The zero-order valence-corrected chi connectivity index (χ0v) is 14.9. The molecule has 22 heavy (non-hydrogen) atoms. The molecule has 1 saturated carbocycles. The Balaban J connectivity index is 0.00000121. The maximum absolute atomic E-state index is 12.5. The lowest BCUT2D eigenvalue weighted by Crippen LogP contribution is -2.54. The molecule has 1 atom stereocenters. The molecule has 3 rings (SSSR count). The smallest absolute Gasteiger partial charge is 0.252 e. The van der Waals surface area contributed by atoms with Gasteiger partial charge in [0.25, 0.3) is 5.91 Å². The number of carbonyl (C=O) groups is 1. The average Bonchev–Trinajstić information content (AvgIpc) is 3.24. The maximum atomic E-state index is 12.5. The molecule has 2 N–H and O–H groups in total. The van der Waals surface area contributed by atoms with Gasteiger partial charge in [0.05, 0.1) is 0 Å². The number of piperidine rings is 1. The van der Waals surface area contributed by atoms with Crippen molar-refractivity contribution in [3.8, 4) is 0 Å². The van der Waals surface area contributed by atoms with Gasteiger partial charge in [-0.2, -0.15) is 0 Å². The van der Waals surface area contributed by atoms with Crippen molar-refractivity contribution < 1.29 is 9.53 Å². The molecule has 2 aliphatic heterocycles. The maximum Gasteiger partial charge on any atom is 0.252 e. The molecular weight excluding hydrogens is 325 g/mol. The summed E-state index contributed by atoms with van der Waals surface area (Å²) >= 11 is 0. The van der Waals surface area contributed by atoms with E-state index in [1.807, 2.05) is 0 Å². The summed E-state index contributed by atoms with van der Waals surface area (Å²) in [5, 5.41) is 6.43. The molecule has 0 bridgehead atoms. The second-order valence-electron chi connectivity index (χ2n) is 6.54. The zero-order valence-electron chi connectivity index (χ0n) is 13.3. The van der Waals surface area contributed by atoms with Crippen LogP contribution < -0.4 is 10.6 Å². The van der Waals surface area contributed by atoms with E-state index < -0.39 is 5.60 Å². The Morgan fingerprint density at radius 1 is 1.27 bits per heavy atom. The number of carbonyl (C=O) groups excluding carboxylic acids is 1. The van der Waals surface area contributed by atoms with Crippen molar-refractivity contribution in [2.75, 3.05) is 39.8 Å². The first kappa shape index (κ1) is 20.0. The minimum atomic E-state index is -0.597. The predicted molar refractivity (Wildman–Crippen MR) is 92.1 cm³/mol. The number of likely N-dealkylation sites (tertiary alicyclic amines) is 1. The van der Waals surface area contributed by atoms with E-state index in [1.165, 1.54) is 25.8 Å². The summed E-state index contributed by atoms with van der Waals surface area (Å²) < 4.78 is 5.56. The van der Waals surface area contributed by atoms with E-state index in [-0.39, 0.29) is 30.7 Å². The number of methoxy groups -OCH3 is 1. The number of hydrogen-bond acceptors (Lipinski definition) is 4. The highest BCUT2D eigenvalue weighted by molar-refractivity contribution is 5.86. The minimum absolute atomic E-state index is 0. The third-order valence-electron chi connectivity index (χ3n) is 5.15. The molecule has 3 fully saturated rings. The Hall–Kier alpha value is -0.0700. The number of ether oxygens (including phenoxy) is 1. The van der Waals surface area contributed by atoms with Crippen molar-refractivity contribution in [3.63, 3.8) is 0 Å². The molecule has 0 radical (unpaired) electrons. The summed E-state index contributed by atoms with van der Waals surface area (Å²) in [4.78, 5) is 15.0. The minimum Gasteiger partial charge on any atom is -0.368 e. The number of rotatable bonds is 5. The molecule has 0 aromatic carbocycles. The fourth-order valence-corrected chi connectivity index (χ4v) is 3.55. The Labute approximate surface area is 145 Å². The van der Waals surface area contributed by atoms with Gasteiger partial charge in [-0.25, -0.2) is 0 Å². The van der Waals surface area contributed by atoms with Gasteiger partial charge in [-0.05, 0) is 57.7 Å². The van der Waals surface area contributed by atoms with Crippen LogP contribution in [0.25, 0.3) is 0 Å². The van der Waals surface area contributed by atoms with Crippen LogP contribution in [0.5, 0.6) is 0 Å². The predicted octanol–water partition coefficient (Wildman–Crippen LogP) is 1.20. The third kappa shape index (κ3) is 4.48. The van der Waals surface area contributed by atoms with E-state index in [2.05, 4.69) is 15.5 Å². The largest absolute Gasteiger partial charge is 0.368 e. The van der Waals surface area contributed by atoms with Crippen molar-refractivity contribution in [2.45, 2.75) is 43.7 Å². The van der Waals surface area contributed by atoms with Gasteiger partial charge in [0, 0.05) is 26.2 Å². The normalized spacial score (nSPS) is 27.6. The number of amides is 1. The summed E-state index contributed by atoms with van der Waals surface area (Å²) in [7, 11) is 1.66. The van der Waals surface area contributed by atoms with Crippen LogP contribution in [0, 0.1) is 5.92 Å².